The van der Waals surface area contributed by atoms with E-state index in [2.05, 4.69) is 5.32 Å². The van der Waals surface area contributed by atoms with E-state index >= 15 is 0 Å². The average molecular weight is 260 g/mol. The quantitative estimate of drug-likeness (QED) is 0.880. The van der Waals surface area contributed by atoms with Crippen molar-refractivity contribution in [3.05, 3.63) is 59.7 Å². The normalized spacial score (nSPS) is 10.4. The third-order valence-electron chi connectivity index (χ3n) is 2.91. The molecule has 0 aliphatic rings. The van der Waals surface area contributed by atoms with Gasteiger partial charge in [0.05, 0.1) is 0 Å². The van der Waals surface area contributed by atoms with E-state index in [9.17, 15) is 9.18 Å². The fraction of sp³-hybridized carbons (Fsp3) is 0.267. The first-order chi connectivity index (χ1) is 9.13. The second-order valence-electron chi connectivity index (χ2n) is 4.59. The van der Waals surface area contributed by atoms with Crippen LogP contribution < -0.4 is 5.32 Å². The highest BCUT2D eigenvalue weighted by molar-refractivity contribution is 5.76. The van der Waals surface area contributed by atoms with Gasteiger partial charge in [-0.05, 0) is 35.7 Å². The van der Waals surface area contributed by atoms with Crippen molar-refractivity contribution in [3.8, 4) is 0 Å². The molecule has 1 heterocycles. The number of carbonyl (C=O) groups excluding carboxylic acids is 1. The zero-order valence-electron chi connectivity index (χ0n) is 10.9. The number of nitrogens with zero attached hydrogens (tertiary/aromatic N) is 1. The number of aryl methyl sites for hydroxylation is 2. The lowest BCUT2D eigenvalue weighted by atomic mass is 10.1. The molecule has 0 aliphatic carbocycles. The fourth-order valence-corrected chi connectivity index (χ4v) is 1.90. The third kappa shape index (κ3) is 4.25. The molecule has 2 rings (SSSR count). The lowest BCUT2D eigenvalue weighted by molar-refractivity contribution is -0.121. The molecule has 2 aromatic rings. The SMILES string of the molecule is Cn1ccc(CNC(=O)CCc2cccc(F)c2)c1. The van der Waals surface area contributed by atoms with Crippen LogP contribution in [-0.4, -0.2) is 10.5 Å². The highest BCUT2D eigenvalue weighted by Gasteiger charge is 2.03. The molecule has 0 saturated carbocycles. The van der Waals surface area contributed by atoms with Gasteiger partial charge in [-0.15, -0.1) is 0 Å². The lowest BCUT2D eigenvalue weighted by Gasteiger charge is -2.04. The van der Waals surface area contributed by atoms with Gasteiger partial charge in [-0.3, -0.25) is 4.79 Å². The summed E-state index contributed by atoms with van der Waals surface area (Å²) < 4.78 is 14.9. The number of nitrogens with one attached hydrogen (secondary N) is 1. The molecule has 100 valence electrons. The van der Waals surface area contributed by atoms with Crippen molar-refractivity contribution in [1.29, 1.82) is 0 Å². The molecule has 0 unspecified atom stereocenters. The Hall–Kier alpha value is -2.10. The van der Waals surface area contributed by atoms with E-state index in [1.54, 1.807) is 6.07 Å². The summed E-state index contributed by atoms with van der Waals surface area (Å²) in [7, 11) is 1.94. The minimum Gasteiger partial charge on any atom is -0.357 e. The summed E-state index contributed by atoms with van der Waals surface area (Å²) in [6.07, 6.45) is 4.83. The molecule has 0 bridgehead atoms. The second-order valence-corrected chi connectivity index (χ2v) is 4.59. The standard InChI is InChI=1S/C15H17FN2O/c1-18-8-7-13(11-18)10-17-15(19)6-5-12-3-2-4-14(16)9-12/h2-4,7-9,11H,5-6,10H2,1H3,(H,17,19). The summed E-state index contributed by atoms with van der Waals surface area (Å²) in [5.74, 6) is -0.282. The van der Waals surface area contributed by atoms with Crippen molar-refractivity contribution < 1.29 is 9.18 Å². The number of aromatic nitrogens is 1. The van der Waals surface area contributed by atoms with Crippen LogP contribution in [0.1, 0.15) is 17.5 Å². The Bertz CT molecular complexity index is 563. The summed E-state index contributed by atoms with van der Waals surface area (Å²) >= 11 is 0. The zero-order valence-corrected chi connectivity index (χ0v) is 10.9. The van der Waals surface area contributed by atoms with Crippen LogP contribution in [0.15, 0.2) is 42.7 Å². The van der Waals surface area contributed by atoms with Crippen molar-refractivity contribution in [2.75, 3.05) is 0 Å². The molecule has 3 nitrogen and oxygen atoms in total. The Balaban J connectivity index is 1.75. The molecule has 1 N–H and O–H groups in total. The molecule has 1 aromatic carbocycles. The smallest absolute Gasteiger partial charge is 0.220 e. The maximum Gasteiger partial charge on any atom is 0.220 e. The van der Waals surface area contributed by atoms with Crippen LogP contribution in [-0.2, 0) is 24.8 Å². The van der Waals surface area contributed by atoms with Crippen molar-refractivity contribution in [2.45, 2.75) is 19.4 Å². The van der Waals surface area contributed by atoms with Crippen molar-refractivity contribution >= 4 is 5.91 Å². The molecule has 0 saturated heterocycles. The minimum absolute atomic E-state index is 0.0203. The van der Waals surface area contributed by atoms with Crippen LogP contribution in [0.25, 0.3) is 0 Å². The Morgan fingerprint density at radius 1 is 1.32 bits per heavy atom. The fourth-order valence-electron chi connectivity index (χ4n) is 1.90. The maximum absolute atomic E-state index is 13.0. The van der Waals surface area contributed by atoms with Crippen LogP contribution >= 0.6 is 0 Å². The largest absolute Gasteiger partial charge is 0.357 e. The van der Waals surface area contributed by atoms with E-state index in [0.717, 1.165) is 11.1 Å². The van der Waals surface area contributed by atoms with Crippen LogP contribution in [0.2, 0.25) is 0 Å². The molecular formula is C15H17FN2O. The first-order valence-corrected chi connectivity index (χ1v) is 6.25. The molecule has 1 amide bonds. The monoisotopic (exact) mass is 260 g/mol. The van der Waals surface area contributed by atoms with Gasteiger partial charge in [0, 0.05) is 32.4 Å². The van der Waals surface area contributed by atoms with Gasteiger partial charge in [-0.1, -0.05) is 12.1 Å². The Morgan fingerprint density at radius 2 is 2.16 bits per heavy atom. The lowest BCUT2D eigenvalue weighted by Crippen LogP contribution is -2.22. The second kappa shape index (κ2) is 6.18. The third-order valence-corrected chi connectivity index (χ3v) is 2.91. The summed E-state index contributed by atoms with van der Waals surface area (Å²) in [4.78, 5) is 11.7. The Morgan fingerprint density at radius 3 is 2.84 bits per heavy atom. The predicted octanol–water partition coefficient (Wildman–Crippen LogP) is 2.41. The summed E-state index contributed by atoms with van der Waals surface area (Å²) in [6, 6.07) is 8.32. The topological polar surface area (TPSA) is 34.0 Å². The van der Waals surface area contributed by atoms with Gasteiger partial charge >= 0.3 is 0 Å². The molecule has 1 aromatic heterocycles. The van der Waals surface area contributed by atoms with Gasteiger partial charge in [0.1, 0.15) is 5.82 Å². The molecule has 0 spiro atoms. The number of benzene rings is 1. The summed E-state index contributed by atoms with van der Waals surface area (Å²) in [5, 5.41) is 2.85. The van der Waals surface area contributed by atoms with E-state index in [1.807, 2.05) is 36.1 Å². The summed E-state index contributed by atoms with van der Waals surface area (Å²) in [6.45, 7) is 0.531. The van der Waals surface area contributed by atoms with E-state index in [4.69, 9.17) is 0 Å². The Kier molecular flexibility index (Phi) is 4.34. The molecule has 0 atom stereocenters. The number of halogens is 1. The molecular weight excluding hydrogens is 243 g/mol. The number of rotatable bonds is 5. The van der Waals surface area contributed by atoms with Gasteiger partial charge in [0.2, 0.25) is 5.91 Å². The highest BCUT2D eigenvalue weighted by Crippen LogP contribution is 2.06. The van der Waals surface area contributed by atoms with E-state index in [0.29, 0.717) is 19.4 Å². The minimum atomic E-state index is -0.262. The Labute approximate surface area is 112 Å². The van der Waals surface area contributed by atoms with Crippen LogP contribution in [0, 0.1) is 5.82 Å². The zero-order chi connectivity index (χ0) is 13.7. The first kappa shape index (κ1) is 13.3. The number of carbonyl (C=O) groups is 1. The summed E-state index contributed by atoms with van der Waals surface area (Å²) in [5.41, 5.74) is 1.91. The number of hydrogen-bond donors (Lipinski definition) is 1. The molecule has 19 heavy (non-hydrogen) atoms. The van der Waals surface area contributed by atoms with Gasteiger partial charge in [-0.2, -0.15) is 0 Å². The van der Waals surface area contributed by atoms with Gasteiger partial charge in [-0.25, -0.2) is 4.39 Å². The van der Waals surface area contributed by atoms with Gasteiger partial charge < -0.3 is 9.88 Å². The van der Waals surface area contributed by atoms with Crippen molar-refractivity contribution in [3.63, 3.8) is 0 Å². The predicted molar refractivity (Wildman–Crippen MR) is 72.0 cm³/mol. The first-order valence-electron chi connectivity index (χ1n) is 6.25. The molecule has 0 radical (unpaired) electrons. The number of amides is 1. The van der Waals surface area contributed by atoms with Gasteiger partial charge in [0.25, 0.3) is 0 Å². The molecule has 4 heteroatoms. The van der Waals surface area contributed by atoms with Crippen molar-refractivity contribution in [2.24, 2.45) is 7.05 Å². The van der Waals surface area contributed by atoms with E-state index in [-0.39, 0.29) is 11.7 Å². The van der Waals surface area contributed by atoms with Crippen molar-refractivity contribution in [1.82, 2.24) is 9.88 Å². The average Bonchev–Trinajstić information content (AvgIpc) is 2.80. The van der Waals surface area contributed by atoms with E-state index < -0.39 is 0 Å². The van der Waals surface area contributed by atoms with Crippen LogP contribution in [0.3, 0.4) is 0 Å². The van der Waals surface area contributed by atoms with Crippen LogP contribution in [0.4, 0.5) is 4.39 Å². The molecule has 0 fully saturated rings. The van der Waals surface area contributed by atoms with Gasteiger partial charge in [0.15, 0.2) is 0 Å². The van der Waals surface area contributed by atoms with Crippen LogP contribution in [0.5, 0.6) is 0 Å². The van der Waals surface area contributed by atoms with E-state index in [1.165, 1.54) is 12.1 Å². The molecule has 0 aliphatic heterocycles. The maximum atomic E-state index is 13.0. The highest BCUT2D eigenvalue weighted by atomic mass is 19.1. The number of hydrogen-bond acceptors (Lipinski definition) is 1.